The molecule has 0 fully saturated rings. The molecule has 5 aromatic rings. The Labute approximate surface area is 238 Å². The van der Waals surface area contributed by atoms with Crippen molar-refractivity contribution in [3.63, 3.8) is 0 Å². The topological polar surface area (TPSA) is 96.7 Å². The number of rotatable bonds is 4. The van der Waals surface area contributed by atoms with E-state index in [0.29, 0.717) is 32.7 Å². The van der Waals surface area contributed by atoms with E-state index in [1.54, 1.807) is 48.5 Å². The molecule has 0 radical (unpaired) electrons. The zero-order chi connectivity index (χ0) is 28.2. The fourth-order valence-corrected chi connectivity index (χ4v) is 5.88. The summed E-state index contributed by atoms with van der Waals surface area (Å²) >= 11 is 7.14. The minimum Gasteiger partial charge on any atom is -0.324 e. The molecule has 0 bridgehead atoms. The summed E-state index contributed by atoms with van der Waals surface area (Å²) in [5, 5.41) is 7.71. The highest BCUT2D eigenvalue weighted by Gasteiger charge is 2.35. The number of nitrogens with zero attached hydrogens (tertiary/aromatic N) is 4. The van der Waals surface area contributed by atoms with Crippen molar-refractivity contribution in [3.05, 3.63) is 104 Å². The van der Waals surface area contributed by atoms with E-state index in [-0.39, 0.29) is 22.1 Å². The largest absolute Gasteiger partial charge is 0.324 e. The molecule has 0 saturated carbocycles. The van der Waals surface area contributed by atoms with Crippen molar-refractivity contribution >= 4 is 56.7 Å². The molecule has 40 heavy (non-hydrogen) atoms. The molecule has 1 aliphatic heterocycles. The van der Waals surface area contributed by atoms with Crippen molar-refractivity contribution < 1.29 is 9.59 Å². The Balaban J connectivity index is 1.36. The normalized spacial score (nSPS) is 14.6. The number of anilines is 2. The maximum absolute atomic E-state index is 13.7. The zero-order valence-corrected chi connectivity index (χ0v) is 23.5. The van der Waals surface area contributed by atoms with E-state index in [0.717, 1.165) is 16.9 Å². The van der Waals surface area contributed by atoms with Gasteiger partial charge in [-0.05, 0) is 35.2 Å². The monoisotopic (exact) mass is 569 g/mol. The summed E-state index contributed by atoms with van der Waals surface area (Å²) in [6, 6.07) is 21.9. The fourth-order valence-electron chi connectivity index (χ4n) is 4.69. The Morgan fingerprint density at radius 3 is 2.45 bits per heavy atom. The highest BCUT2D eigenvalue weighted by atomic mass is 35.5. The lowest BCUT2D eigenvalue weighted by Gasteiger charge is -2.18. The van der Waals surface area contributed by atoms with E-state index in [1.807, 2.05) is 24.3 Å². The minimum atomic E-state index is -0.429. The molecule has 0 spiro atoms. The third-order valence-corrected chi connectivity index (χ3v) is 7.99. The molecule has 6 rings (SSSR count). The summed E-state index contributed by atoms with van der Waals surface area (Å²) in [6.45, 7) is 6.21. The molecule has 0 unspecified atom stereocenters. The average Bonchev–Trinajstić information content (AvgIpc) is 3.54. The molecular formula is C30H24ClN5O3S. The maximum Gasteiger partial charge on any atom is 0.291 e. The lowest BCUT2D eigenvalue weighted by molar-refractivity contribution is -0.118. The highest BCUT2D eigenvalue weighted by Crippen LogP contribution is 2.35. The van der Waals surface area contributed by atoms with Gasteiger partial charge in [0.1, 0.15) is 11.1 Å². The van der Waals surface area contributed by atoms with Gasteiger partial charge in [-0.25, -0.2) is 0 Å². The Kier molecular flexibility index (Phi) is 6.28. The lowest BCUT2D eigenvalue weighted by atomic mass is 9.87. The molecular weight excluding hydrogens is 546 g/mol. The molecule has 3 aromatic carbocycles. The molecule has 10 heteroatoms. The van der Waals surface area contributed by atoms with E-state index in [2.05, 4.69) is 36.2 Å². The van der Waals surface area contributed by atoms with Crippen LogP contribution in [0.1, 0.15) is 31.9 Å². The number of halogens is 1. The summed E-state index contributed by atoms with van der Waals surface area (Å²) in [5.41, 5.74) is 3.49. The Bertz CT molecular complexity index is 1920. The van der Waals surface area contributed by atoms with E-state index in [9.17, 15) is 14.4 Å². The van der Waals surface area contributed by atoms with Crippen molar-refractivity contribution in [1.82, 2.24) is 14.6 Å². The van der Waals surface area contributed by atoms with Crippen LogP contribution in [0.4, 0.5) is 11.4 Å². The van der Waals surface area contributed by atoms with Crippen LogP contribution in [0.5, 0.6) is 0 Å². The van der Waals surface area contributed by atoms with Crippen molar-refractivity contribution in [3.8, 4) is 11.4 Å². The van der Waals surface area contributed by atoms with Gasteiger partial charge >= 0.3 is 0 Å². The van der Waals surface area contributed by atoms with E-state index < -0.39 is 17.4 Å². The SMILES string of the molecule is CC(C)(C)c1ccc(-c2nc3sc(=C4C(=O)N(CC(=O)Nc5cccc(Cl)c5)c5ccccc54)c(=O)n3n2)cc1. The number of benzene rings is 3. The molecule has 0 saturated heterocycles. The van der Waals surface area contributed by atoms with Crippen LogP contribution >= 0.6 is 22.9 Å². The molecule has 2 amide bonds. The third kappa shape index (κ3) is 4.57. The number of carbonyl (C=O) groups is 2. The van der Waals surface area contributed by atoms with Gasteiger partial charge in [0.2, 0.25) is 10.9 Å². The van der Waals surface area contributed by atoms with Gasteiger partial charge < -0.3 is 5.32 Å². The number of carbonyl (C=O) groups excluding carboxylic acids is 2. The molecule has 8 nitrogen and oxygen atoms in total. The van der Waals surface area contributed by atoms with Crippen LogP contribution in [0.2, 0.25) is 5.02 Å². The van der Waals surface area contributed by atoms with Gasteiger partial charge in [0, 0.05) is 21.8 Å². The number of thiazole rings is 1. The van der Waals surface area contributed by atoms with Gasteiger partial charge in [-0.15, -0.1) is 5.10 Å². The molecule has 1 aliphatic rings. The minimum absolute atomic E-state index is 0.0166. The maximum atomic E-state index is 13.7. The number of aromatic nitrogens is 3. The van der Waals surface area contributed by atoms with Gasteiger partial charge in [-0.3, -0.25) is 19.3 Å². The second kappa shape index (κ2) is 9.69. The summed E-state index contributed by atoms with van der Waals surface area (Å²) in [4.78, 5) is 46.4. The first-order valence-corrected chi connectivity index (χ1v) is 13.8. The van der Waals surface area contributed by atoms with Gasteiger partial charge in [-0.1, -0.05) is 92.2 Å². The quantitative estimate of drug-likeness (QED) is 0.339. The number of hydrogen-bond donors (Lipinski definition) is 1. The number of para-hydroxylation sites is 1. The fraction of sp³-hybridized carbons (Fsp3) is 0.167. The predicted molar refractivity (Wildman–Crippen MR) is 158 cm³/mol. The van der Waals surface area contributed by atoms with Crippen LogP contribution in [0.3, 0.4) is 0 Å². The average molecular weight is 570 g/mol. The Morgan fingerprint density at radius 1 is 1.00 bits per heavy atom. The van der Waals surface area contributed by atoms with Crippen LogP contribution in [-0.2, 0) is 15.0 Å². The summed E-state index contributed by atoms with van der Waals surface area (Å²) in [5.74, 6) is -0.376. The summed E-state index contributed by atoms with van der Waals surface area (Å²) in [7, 11) is 0. The van der Waals surface area contributed by atoms with E-state index in [1.165, 1.54) is 15.0 Å². The number of amides is 2. The van der Waals surface area contributed by atoms with E-state index in [4.69, 9.17) is 11.6 Å². The van der Waals surface area contributed by atoms with Gasteiger partial charge in [0.05, 0.1) is 11.3 Å². The van der Waals surface area contributed by atoms with Crippen molar-refractivity contribution in [2.45, 2.75) is 26.2 Å². The zero-order valence-electron chi connectivity index (χ0n) is 21.9. The standard InChI is InChI=1S/C30H24ClN5O3S/c1-30(2,3)18-13-11-17(12-14-18)26-33-29-36(34-26)28(39)25(40-29)24-21-9-4-5-10-22(21)35(27(24)38)16-23(37)32-20-8-6-7-19(31)15-20/h4-15H,16H2,1-3H3,(H,32,37). The number of fused-ring (bicyclic) bond motifs is 2. The van der Waals surface area contributed by atoms with Gasteiger partial charge in [0.25, 0.3) is 11.5 Å². The van der Waals surface area contributed by atoms with Crippen LogP contribution in [0.25, 0.3) is 21.9 Å². The van der Waals surface area contributed by atoms with Crippen molar-refractivity contribution in [1.29, 1.82) is 0 Å². The van der Waals surface area contributed by atoms with E-state index >= 15 is 0 Å². The molecule has 1 N–H and O–H groups in total. The highest BCUT2D eigenvalue weighted by molar-refractivity contribution is 7.15. The molecule has 2 aromatic heterocycles. The molecule has 3 heterocycles. The predicted octanol–water partition coefficient (Wildman–Crippen LogP) is 4.67. The van der Waals surface area contributed by atoms with Crippen LogP contribution in [0.15, 0.2) is 77.6 Å². The summed E-state index contributed by atoms with van der Waals surface area (Å²) in [6.07, 6.45) is 0. The first-order valence-electron chi connectivity index (χ1n) is 12.6. The Hall–Kier alpha value is -4.34. The van der Waals surface area contributed by atoms with Crippen molar-refractivity contribution in [2.24, 2.45) is 0 Å². The van der Waals surface area contributed by atoms with Crippen LogP contribution < -0.4 is 20.3 Å². The van der Waals surface area contributed by atoms with Crippen molar-refractivity contribution in [2.75, 3.05) is 16.8 Å². The first-order chi connectivity index (χ1) is 19.1. The molecule has 200 valence electrons. The first kappa shape index (κ1) is 25.9. The lowest BCUT2D eigenvalue weighted by Crippen LogP contribution is -2.37. The van der Waals surface area contributed by atoms with Gasteiger partial charge in [-0.2, -0.15) is 9.50 Å². The molecule has 0 atom stereocenters. The smallest absolute Gasteiger partial charge is 0.291 e. The Morgan fingerprint density at radius 2 is 1.75 bits per heavy atom. The van der Waals surface area contributed by atoms with Crippen LogP contribution in [-0.4, -0.2) is 33.0 Å². The second-order valence-corrected chi connectivity index (χ2v) is 11.9. The number of hydrogen-bond acceptors (Lipinski definition) is 6. The molecule has 0 aliphatic carbocycles. The van der Waals surface area contributed by atoms with Crippen LogP contribution in [0, 0.1) is 0 Å². The second-order valence-electron chi connectivity index (χ2n) is 10.5. The van der Waals surface area contributed by atoms with Gasteiger partial charge in [0.15, 0.2) is 5.82 Å². The third-order valence-electron chi connectivity index (χ3n) is 6.73. The number of nitrogens with one attached hydrogen (secondary N) is 1. The summed E-state index contributed by atoms with van der Waals surface area (Å²) < 4.78 is 1.48.